The number of benzene rings is 2. The third-order valence-corrected chi connectivity index (χ3v) is 8.33. The summed E-state index contributed by atoms with van der Waals surface area (Å²) >= 11 is 1.24. The largest absolute Gasteiger partial charge is 0.465 e. The summed E-state index contributed by atoms with van der Waals surface area (Å²) in [6.07, 6.45) is 3.26. The van der Waals surface area contributed by atoms with E-state index in [1.807, 2.05) is 55.5 Å². The van der Waals surface area contributed by atoms with Crippen molar-refractivity contribution in [1.29, 1.82) is 0 Å². The van der Waals surface area contributed by atoms with Gasteiger partial charge >= 0.3 is 12.1 Å². The second-order valence-corrected chi connectivity index (χ2v) is 10.9. The maximum atomic E-state index is 13.5. The molecule has 204 valence electrons. The number of para-hydroxylation sites is 1. The van der Waals surface area contributed by atoms with Crippen molar-refractivity contribution in [2.24, 2.45) is 0 Å². The van der Waals surface area contributed by atoms with Crippen LogP contribution in [0.5, 0.6) is 11.5 Å². The number of hydrogen-bond donors (Lipinski definition) is 4. The van der Waals surface area contributed by atoms with Crippen LogP contribution in [0.3, 0.4) is 0 Å². The molecule has 1 fully saturated rings. The normalized spacial score (nSPS) is 18.2. The molecule has 2 aromatic heterocycles. The Labute approximate surface area is 234 Å². The van der Waals surface area contributed by atoms with E-state index >= 15 is 0 Å². The Bertz CT molecular complexity index is 1610. The average molecular weight is 558 g/mol. The summed E-state index contributed by atoms with van der Waals surface area (Å²) in [5, 5.41) is 18.2. The lowest BCUT2D eigenvalue weighted by Crippen LogP contribution is -2.43. The van der Waals surface area contributed by atoms with Gasteiger partial charge in [-0.25, -0.2) is 14.6 Å². The fourth-order valence-corrected chi connectivity index (χ4v) is 6.38. The smallest absolute Gasteiger partial charge is 0.404 e. The van der Waals surface area contributed by atoms with Crippen molar-refractivity contribution in [3.8, 4) is 11.5 Å². The summed E-state index contributed by atoms with van der Waals surface area (Å²) in [4.78, 5) is 44.9. The van der Waals surface area contributed by atoms with Crippen molar-refractivity contribution in [1.82, 2.24) is 15.6 Å². The van der Waals surface area contributed by atoms with E-state index in [4.69, 9.17) is 9.84 Å². The minimum atomic E-state index is -1.03. The van der Waals surface area contributed by atoms with Crippen molar-refractivity contribution in [3.63, 3.8) is 0 Å². The summed E-state index contributed by atoms with van der Waals surface area (Å²) in [5.41, 5.74) is 2.65. The third-order valence-electron chi connectivity index (χ3n) is 7.23. The number of pyridine rings is 1. The topological polar surface area (TPSA) is 133 Å². The molecule has 1 saturated carbocycles. The number of anilines is 3. The van der Waals surface area contributed by atoms with Gasteiger partial charge in [-0.1, -0.05) is 18.2 Å². The van der Waals surface area contributed by atoms with Crippen LogP contribution < -0.4 is 25.6 Å². The molecule has 6 rings (SSSR count). The van der Waals surface area contributed by atoms with Crippen molar-refractivity contribution in [2.45, 2.75) is 44.7 Å². The number of aromatic nitrogens is 1. The number of ether oxygens (including phenoxy) is 1. The van der Waals surface area contributed by atoms with Crippen LogP contribution in [0, 0.1) is 6.92 Å². The molecule has 1 aliphatic carbocycles. The van der Waals surface area contributed by atoms with Gasteiger partial charge in [-0.2, -0.15) is 0 Å². The number of nitrogens with zero attached hydrogens (tertiary/aromatic N) is 2. The SMILES string of the molecule is Cc1cc(Oc2ccccc2)ccc1N1C(=O)Nc2c(C(=O)NC3CCC(NC(=O)O)CC3)sc3nccc1c23. The Balaban J connectivity index is 1.25. The first-order valence-electron chi connectivity index (χ1n) is 13.0. The molecule has 0 bridgehead atoms. The molecule has 1 aliphatic heterocycles. The van der Waals surface area contributed by atoms with Crippen LogP contribution >= 0.6 is 11.3 Å². The Morgan fingerprint density at radius 1 is 1.00 bits per heavy atom. The second kappa shape index (κ2) is 10.5. The lowest BCUT2D eigenvalue weighted by molar-refractivity contribution is 0.0928. The van der Waals surface area contributed by atoms with E-state index < -0.39 is 6.09 Å². The predicted molar refractivity (Wildman–Crippen MR) is 153 cm³/mol. The van der Waals surface area contributed by atoms with Crippen LogP contribution in [-0.4, -0.2) is 40.2 Å². The number of nitrogens with one attached hydrogen (secondary N) is 3. The molecule has 4 aromatic rings. The summed E-state index contributed by atoms with van der Waals surface area (Å²) in [6, 6.07) is 16.3. The fraction of sp³-hybridized carbons (Fsp3) is 0.241. The number of rotatable bonds is 6. The van der Waals surface area contributed by atoms with E-state index in [1.54, 1.807) is 17.2 Å². The highest BCUT2D eigenvalue weighted by molar-refractivity contribution is 7.21. The Morgan fingerprint density at radius 3 is 2.42 bits per heavy atom. The molecular formula is C29H27N5O5S. The summed E-state index contributed by atoms with van der Waals surface area (Å²) in [5.74, 6) is 1.11. The first-order chi connectivity index (χ1) is 19.4. The predicted octanol–water partition coefficient (Wildman–Crippen LogP) is 6.39. The molecule has 0 atom stereocenters. The molecule has 0 unspecified atom stereocenters. The molecule has 11 heteroatoms. The van der Waals surface area contributed by atoms with Crippen LogP contribution in [0.25, 0.3) is 10.2 Å². The fourth-order valence-electron chi connectivity index (χ4n) is 5.36. The average Bonchev–Trinajstić information content (AvgIpc) is 3.30. The number of carboxylic acid groups (broad SMARTS) is 1. The van der Waals surface area contributed by atoms with Crippen molar-refractivity contribution in [2.75, 3.05) is 10.2 Å². The second-order valence-electron chi connectivity index (χ2n) is 9.92. The van der Waals surface area contributed by atoms with Crippen molar-refractivity contribution in [3.05, 3.63) is 71.2 Å². The van der Waals surface area contributed by atoms with E-state index in [2.05, 4.69) is 20.9 Å². The molecule has 0 radical (unpaired) electrons. The number of amides is 4. The van der Waals surface area contributed by atoms with Gasteiger partial charge < -0.3 is 25.8 Å². The number of aryl methyl sites for hydroxylation is 1. The molecule has 10 nitrogen and oxygen atoms in total. The number of carbonyl (C=O) groups excluding carboxylic acids is 2. The molecule has 4 amide bonds. The maximum absolute atomic E-state index is 13.5. The van der Waals surface area contributed by atoms with E-state index in [-0.39, 0.29) is 24.0 Å². The zero-order valence-corrected chi connectivity index (χ0v) is 22.5. The number of carbonyl (C=O) groups is 3. The highest BCUT2D eigenvalue weighted by atomic mass is 32.1. The highest BCUT2D eigenvalue weighted by Gasteiger charge is 2.34. The standard InChI is InChI=1S/C29H27N5O5S/c1-16-15-20(39-19-5-3-2-4-6-19)11-12-21(16)34-22-13-14-30-27-23(22)24(33-28(34)36)25(40-27)26(35)31-17-7-9-18(10-8-17)32-29(37)38/h2-6,11-15,17-18,32H,7-10H2,1H3,(H,31,35)(H,33,36)(H,37,38). The third kappa shape index (κ3) is 4.91. The molecule has 0 saturated heterocycles. The van der Waals surface area contributed by atoms with Gasteiger partial charge in [-0.05, 0) is 74.6 Å². The van der Waals surface area contributed by atoms with Gasteiger partial charge in [-0.15, -0.1) is 11.3 Å². The highest BCUT2D eigenvalue weighted by Crippen LogP contribution is 2.46. The first kappa shape index (κ1) is 25.6. The number of hydrogen-bond acceptors (Lipinski definition) is 6. The lowest BCUT2D eigenvalue weighted by atomic mass is 9.91. The Kier molecular flexibility index (Phi) is 6.72. The van der Waals surface area contributed by atoms with E-state index in [9.17, 15) is 14.4 Å². The van der Waals surface area contributed by atoms with Crippen LogP contribution in [0.15, 0.2) is 60.8 Å². The van der Waals surface area contributed by atoms with Gasteiger partial charge in [0.25, 0.3) is 5.91 Å². The molecule has 2 aromatic carbocycles. The molecule has 40 heavy (non-hydrogen) atoms. The molecule has 0 spiro atoms. The summed E-state index contributed by atoms with van der Waals surface area (Å²) in [6.45, 7) is 1.92. The van der Waals surface area contributed by atoms with Crippen molar-refractivity contribution >= 4 is 56.6 Å². The summed E-state index contributed by atoms with van der Waals surface area (Å²) in [7, 11) is 0. The van der Waals surface area contributed by atoms with Gasteiger partial charge in [-0.3, -0.25) is 9.69 Å². The number of thiophene rings is 1. The van der Waals surface area contributed by atoms with Crippen LogP contribution in [0.4, 0.5) is 26.7 Å². The minimum absolute atomic E-state index is 0.0701. The monoisotopic (exact) mass is 557 g/mol. The van der Waals surface area contributed by atoms with Gasteiger partial charge in [0, 0.05) is 18.3 Å². The first-order valence-corrected chi connectivity index (χ1v) is 13.9. The Hall–Kier alpha value is -4.64. The molecule has 4 N–H and O–H groups in total. The number of urea groups is 1. The van der Waals surface area contributed by atoms with Gasteiger partial charge in [0.15, 0.2) is 0 Å². The van der Waals surface area contributed by atoms with Crippen LogP contribution in [-0.2, 0) is 0 Å². The minimum Gasteiger partial charge on any atom is -0.465 e. The summed E-state index contributed by atoms with van der Waals surface area (Å²) < 4.78 is 5.96. The zero-order chi connectivity index (χ0) is 27.8. The van der Waals surface area contributed by atoms with Gasteiger partial charge in [0.2, 0.25) is 0 Å². The van der Waals surface area contributed by atoms with Gasteiger partial charge in [0.1, 0.15) is 21.2 Å². The van der Waals surface area contributed by atoms with Gasteiger partial charge in [0.05, 0.1) is 22.4 Å². The van der Waals surface area contributed by atoms with Crippen LogP contribution in [0.2, 0.25) is 0 Å². The molecule has 3 heterocycles. The van der Waals surface area contributed by atoms with Crippen molar-refractivity contribution < 1.29 is 24.2 Å². The quantitative estimate of drug-likeness (QED) is 0.217. The molecular weight excluding hydrogens is 530 g/mol. The van der Waals surface area contributed by atoms with E-state index in [1.165, 1.54) is 11.3 Å². The molecule has 2 aliphatic rings. The maximum Gasteiger partial charge on any atom is 0.404 e. The van der Waals surface area contributed by atoms with E-state index in [0.717, 1.165) is 16.7 Å². The zero-order valence-electron chi connectivity index (χ0n) is 21.6. The van der Waals surface area contributed by atoms with Crippen LogP contribution in [0.1, 0.15) is 40.9 Å². The Morgan fingerprint density at radius 2 is 1.73 bits per heavy atom. The van der Waals surface area contributed by atoms with E-state index in [0.29, 0.717) is 58.2 Å². The lowest BCUT2D eigenvalue weighted by Gasteiger charge is -2.30.